The van der Waals surface area contributed by atoms with Crippen LogP contribution in [0.25, 0.3) is 175 Å². The quantitative estimate of drug-likeness (QED) is 0.100. The lowest BCUT2D eigenvalue weighted by Crippen LogP contribution is -2.11. The molecule has 0 unspecified atom stereocenters. The predicted octanol–water partition coefficient (Wildman–Crippen LogP) is 32.9. The molecule has 0 amide bonds. The lowest BCUT2D eigenvalue weighted by atomic mass is 9.89. The van der Waals surface area contributed by atoms with Gasteiger partial charge in [-0.05, 0) is 261 Å². The van der Waals surface area contributed by atoms with Gasteiger partial charge in [0, 0.05) is 34.0 Å². The Morgan fingerprint density at radius 1 is 0.110 bits per heavy atom. The van der Waals surface area contributed by atoms with E-state index in [1.165, 1.54) is 175 Å². The summed E-state index contributed by atoms with van der Waals surface area (Å²) >= 11 is 0. The van der Waals surface area contributed by atoms with E-state index in [0.717, 1.165) is 34.1 Å². The normalized spacial score (nSPS) is 11.4. The summed E-state index contributed by atoms with van der Waals surface area (Å²) in [6.07, 6.45) is 0. The zero-order valence-electron chi connectivity index (χ0n) is 64.9. The van der Waals surface area contributed by atoms with Crippen LogP contribution in [0.1, 0.15) is 0 Å². The summed E-state index contributed by atoms with van der Waals surface area (Å²) in [5.74, 6) is 0. The van der Waals surface area contributed by atoms with Crippen LogP contribution in [0, 0.1) is 0 Å². The Bertz CT molecular complexity index is 7550. The number of hydrogen-bond donors (Lipinski definition) is 0. The molecule has 22 rings (SSSR count). The van der Waals surface area contributed by atoms with Crippen molar-refractivity contribution in [2.45, 2.75) is 0 Å². The average Bonchev–Trinajstić information content (AvgIpc) is 0.763. The van der Waals surface area contributed by atoms with Crippen LogP contribution in [0.3, 0.4) is 0 Å². The fraction of sp³-hybridized carbons (Fsp3) is 0. The Hall–Kier alpha value is -15.5. The third-order valence-corrected chi connectivity index (χ3v) is 23.7. The van der Waals surface area contributed by atoms with Gasteiger partial charge in [-0.15, -0.1) is 0 Å². The SMILES string of the molecule is c1ccc(-c2cccc(N(c3ccc(-c4ccccc4-c4cc5ccccc5c5ccccc45)cc3)c3cccc(-c4cc5ccccc5c5ccccc45)c3)c2)cc1.c1ccc(-c2ccccc2N(c2ccc(-c3ccccc3-c3cc4ccccc4c4ccccc34)cc2)c2cccc(-c3cc4ccccc4c4ccccc34)c2)cc1. The van der Waals surface area contributed by atoms with Crippen molar-refractivity contribution in [3.8, 4) is 89.0 Å². The molecule has 0 N–H and O–H groups in total. The summed E-state index contributed by atoms with van der Waals surface area (Å²) in [5, 5.41) is 20.2. The maximum absolute atomic E-state index is 2.42. The van der Waals surface area contributed by atoms with Gasteiger partial charge < -0.3 is 9.80 Å². The predicted molar refractivity (Wildman–Crippen MR) is 506 cm³/mol. The molecule has 0 atom stereocenters. The summed E-state index contributed by atoms with van der Waals surface area (Å²) in [6, 6.07) is 172. The Morgan fingerprint density at radius 2 is 0.373 bits per heavy atom. The van der Waals surface area contributed by atoms with Crippen LogP contribution < -0.4 is 9.80 Å². The number of para-hydroxylation sites is 1. The highest BCUT2D eigenvalue weighted by Gasteiger charge is 2.23. The molecule has 2 heteroatoms. The first-order valence-electron chi connectivity index (χ1n) is 40.7. The molecular formula is C116H78N2. The second kappa shape index (κ2) is 30.8. The highest BCUT2D eigenvalue weighted by Crippen LogP contribution is 2.49. The van der Waals surface area contributed by atoms with Crippen molar-refractivity contribution in [1.82, 2.24) is 0 Å². The molecule has 0 heterocycles. The molecule has 22 aromatic carbocycles. The number of nitrogens with zero attached hydrogens (tertiary/aromatic N) is 2. The summed E-state index contributed by atoms with van der Waals surface area (Å²) < 4.78 is 0. The van der Waals surface area contributed by atoms with Gasteiger partial charge in [0.05, 0.1) is 5.69 Å². The van der Waals surface area contributed by atoms with Gasteiger partial charge in [0.25, 0.3) is 0 Å². The summed E-state index contributed by atoms with van der Waals surface area (Å²) in [6.45, 7) is 0. The Labute approximate surface area is 687 Å². The molecule has 2 nitrogen and oxygen atoms in total. The van der Waals surface area contributed by atoms with Crippen LogP contribution in [-0.4, -0.2) is 0 Å². The van der Waals surface area contributed by atoms with Gasteiger partial charge in [-0.3, -0.25) is 0 Å². The largest absolute Gasteiger partial charge is 0.310 e. The molecule has 0 bridgehead atoms. The fourth-order valence-electron chi connectivity index (χ4n) is 18.1. The second-order valence-electron chi connectivity index (χ2n) is 30.5. The van der Waals surface area contributed by atoms with Crippen molar-refractivity contribution < 1.29 is 0 Å². The molecule has 0 aliphatic rings. The van der Waals surface area contributed by atoms with Crippen molar-refractivity contribution in [2.75, 3.05) is 9.80 Å². The van der Waals surface area contributed by atoms with E-state index in [-0.39, 0.29) is 0 Å². The van der Waals surface area contributed by atoms with Gasteiger partial charge in [0.15, 0.2) is 0 Å². The van der Waals surface area contributed by atoms with E-state index in [4.69, 9.17) is 0 Å². The van der Waals surface area contributed by atoms with Crippen molar-refractivity contribution in [3.05, 3.63) is 473 Å². The van der Waals surface area contributed by atoms with E-state index in [2.05, 4.69) is 483 Å². The monoisotopic (exact) mass is 1500 g/mol. The summed E-state index contributed by atoms with van der Waals surface area (Å²) in [5.41, 5.74) is 25.9. The van der Waals surface area contributed by atoms with Crippen LogP contribution in [0.5, 0.6) is 0 Å². The van der Waals surface area contributed by atoms with Gasteiger partial charge in [-0.2, -0.15) is 0 Å². The number of fused-ring (bicyclic) bond motifs is 12. The minimum absolute atomic E-state index is 1.09. The average molecular weight is 1500 g/mol. The molecule has 0 fully saturated rings. The van der Waals surface area contributed by atoms with E-state index in [1.54, 1.807) is 0 Å². The molecule has 0 radical (unpaired) electrons. The molecule has 552 valence electrons. The molecule has 0 aliphatic heterocycles. The minimum Gasteiger partial charge on any atom is -0.310 e. The summed E-state index contributed by atoms with van der Waals surface area (Å²) in [7, 11) is 0. The molecule has 0 aliphatic carbocycles. The molecular weight excluding hydrogens is 1420 g/mol. The number of benzene rings is 22. The topological polar surface area (TPSA) is 6.48 Å². The molecule has 0 spiro atoms. The van der Waals surface area contributed by atoms with E-state index in [9.17, 15) is 0 Å². The van der Waals surface area contributed by atoms with Gasteiger partial charge in [0.1, 0.15) is 0 Å². The minimum atomic E-state index is 1.09. The number of rotatable bonds is 14. The van der Waals surface area contributed by atoms with E-state index in [0.29, 0.717) is 0 Å². The molecule has 22 aromatic rings. The Balaban J connectivity index is 0.000000147. The van der Waals surface area contributed by atoms with Gasteiger partial charge in [0.2, 0.25) is 0 Å². The van der Waals surface area contributed by atoms with Crippen LogP contribution >= 0.6 is 0 Å². The van der Waals surface area contributed by atoms with Crippen LogP contribution in [0.4, 0.5) is 34.1 Å². The van der Waals surface area contributed by atoms with Crippen molar-refractivity contribution in [1.29, 1.82) is 0 Å². The first-order valence-corrected chi connectivity index (χ1v) is 40.7. The number of anilines is 6. The van der Waals surface area contributed by atoms with Gasteiger partial charge in [-0.25, -0.2) is 0 Å². The Morgan fingerprint density at radius 3 is 0.780 bits per heavy atom. The Kier molecular flexibility index (Phi) is 18.4. The highest BCUT2D eigenvalue weighted by atomic mass is 15.1. The third-order valence-electron chi connectivity index (χ3n) is 23.7. The van der Waals surface area contributed by atoms with E-state index >= 15 is 0 Å². The maximum Gasteiger partial charge on any atom is 0.0540 e. The van der Waals surface area contributed by atoms with Gasteiger partial charge >= 0.3 is 0 Å². The molecule has 0 saturated carbocycles. The van der Waals surface area contributed by atoms with Crippen LogP contribution in [0.15, 0.2) is 473 Å². The van der Waals surface area contributed by atoms with Crippen molar-refractivity contribution in [3.63, 3.8) is 0 Å². The van der Waals surface area contributed by atoms with Crippen LogP contribution in [-0.2, 0) is 0 Å². The molecule has 0 aromatic heterocycles. The molecule has 118 heavy (non-hydrogen) atoms. The second-order valence-corrected chi connectivity index (χ2v) is 30.5. The maximum atomic E-state index is 2.42. The lowest BCUT2D eigenvalue weighted by Gasteiger charge is -2.28. The van der Waals surface area contributed by atoms with Gasteiger partial charge in [-0.1, -0.05) is 382 Å². The van der Waals surface area contributed by atoms with E-state index in [1.807, 2.05) is 0 Å². The smallest absolute Gasteiger partial charge is 0.0540 e. The lowest BCUT2D eigenvalue weighted by molar-refractivity contribution is 1.28. The standard InChI is InChI=1S/2C58H39N/c1-2-16-40(17-3-1)42-20-14-22-47(36-42)59(48-23-15-21-43(37-48)57-38-44-18-4-6-25-50(44)52-27-10-12-30-55(52)57)46-34-32-41(33-35-46)49-24-8-9-29-54(49)58-39-45-19-5-7-26-51(45)53-28-11-13-31-56(53)58;1-2-17-40(18-3-1)50-26-14-15-32-58(50)59(46-22-16-21-42(37-46)56-38-43-19-4-6-24-48(43)51-27-10-12-30-54(51)56)45-35-33-41(34-36-45)47-23-8-9-29-53(47)57-39-44-20-5-7-25-49(44)52-28-11-13-31-55(52)57/h2*1-39H. The summed E-state index contributed by atoms with van der Waals surface area (Å²) in [4.78, 5) is 4.81. The first-order chi connectivity index (χ1) is 58.5. The fourth-order valence-corrected chi connectivity index (χ4v) is 18.1. The third kappa shape index (κ3) is 13.1. The zero-order valence-corrected chi connectivity index (χ0v) is 64.9. The van der Waals surface area contributed by atoms with E-state index < -0.39 is 0 Å². The number of hydrogen-bond acceptors (Lipinski definition) is 2. The van der Waals surface area contributed by atoms with Crippen molar-refractivity contribution in [2.24, 2.45) is 0 Å². The first kappa shape index (κ1) is 70.4. The van der Waals surface area contributed by atoms with Crippen LogP contribution in [0.2, 0.25) is 0 Å². The van der Waals surface area contributed by atoms with Crippen molar-refractivity contribution >= 4 is 120 Å². The molecule has 0 saturated heterocycles. The highest BCUT2D eigenvalue weighted by molar-refractivity contribution is 6.18. The zero-order chi connectivity index (χ0) is 78.2.